The highest BCUT2D eigenvalue weighted by molar-refractivity contribution is 7.93. The molecule has 134 valence electrons. The second kappa shape index (κ2) is 7.91. The summed E-state index contributed by atoms with van der Waals surface area (Å²) in [7, 11) is -4.18. The summed E-state index contributed by atoms with van der Waals surface area (Å²) in [6.07, 6.45) is 0. The lowest BCUT2D eigenvalue weighted by molar-refractivity contribution is -0.112. The fraction of sp³-hybridized carbons (Fsp3) is 0.133. The Kier molecular flexibility index (Phi) is 6.52. The van der Waals surface area contributed by atoms with Crippen molar-refractivity contribution < 1.29 is 13.2 Å². The average Bonchev–Trinajstić information content (AvgIpc) is 2.52. The Morgan fingerprint density at radius 1 is 0.960 bits per heavy atom. The molecule has 0 saturated heterocycles. The van der Waals surface area contributed by atoms with Crippen molar-refractivity contribution in [1.82, 2.24) is 0 Å². The van der Waals surface area contributed by atoms with Crippen LogP contribution in [0.15, 0.2) is 41.3 Å². The number of hydrogen-bond donors (Lipinski definition) is 0. The molecular formula is C15H10Cl5NO3S. The zero-order valence-corrected chi connectivity index (χ0v) is 17.1. The molecule has 0 radical (unpaired) electrons. The van der Waals surface area contributed by atoms with Gasteiger partial charge in [0.2, 0.25) is 5.24 Å². The van der Waals surface area contributed by atoms with Gasteiger partial charge in [0.15, 0.2) is 0 Å². The Hall–Kier alpha value is -0.690. The highest BCUT2D eigenvalue weighted by Gasteiger charge is 2.34. The van der Waals surface area contributed by atoms with Gasteiger partial charge in [-0.15, -0.1) is 0 Å². The molecule has 0 amide bonds. The predicted octanol–water partition coefficient (Wildman–Crippen LogP) is 5.65. The van der Waals surface area contributed by atoms with Crippen LogP contribution in [0.2, 0.25) is 20.1 Å². The highest BCUT2D eigenvalue weighted by atomic mass is 35.5. The summed E-state index contributed by atoms with van der Waals surface area (Å²) in [4.78, 5) is 11.6. The monoisotopic (exact) mass is 459 g/mol. The van der Waals surface area contributed by atoms with Gasteiger partial charge in [-0.1, -0.05) is 46.4 Å². The number of sulfonamides is 1. The van der Waals surface area contributed by atoms with Crippen molar-refractivity contribution in [3.05, 3.63) is 56.5 Å². The molecule has 0 aliphatic carbocycles. The van der Waals surface area contributed by atoms with Crippen molar-refractivity contribution in [2.45, 2.75) is 17.9 Å². The van der Waals surface area contributed by atoms with E-state index in [4.69, 9.17) is 58.0 Å². The summed E-state index contributed by atoms with van der Waals surface area (Å²) in [6, 6.07) is 6.75. The molecule has 0 saturated carbocycles. The number of carbonyl (C=O) groups is 1. The summed E-state index contributed by atoms with van der Waals surface area (Å²) >= 11 is 29.4. The second-order valence-electron chi connectivity index (χ2n) is 4.95. The van der Waals surface area contributed by atoms with Crippen molar-refractivity contribution in [1.29, 1.82) is 0 Å². The minimum absolute atomic E-state index is 0.00305. The van der Waals surface area contributed by atoms with Crippen LogP contribution in [0.5, 0.6) is 0 Å². The largest absolute Gasteiger partial charge is 0.279 e. The van der Waals surface area contributed by atoms with E-state index in [9.17, 15) is 13.2 Å². The molecule has 2 aromatic carbocycles. The smallest absolute Gasteiger partial charge is 0.265 e. The van der Waals surface area contributed by atoms with Gasteiger partial charge < -0.3 is 0 Å². The van der Waals surface area contributed by atoms with Gasteiger partial charge in [-0.05, 0) is 54.9 Å². The van der Waals surface area contributed by atoms with Gasteiger partial charge in [0.05, 0.1) is 25.7 Å². The maximum Gasteiger partial charge on any atom is 0.265 e. The minimum Gasteiger partial charge on any atom is -0.279 e. The van der Waals surface area contributed by atoms with Crippen LogP contribution < -0.4 is 4.31 Å². The summed E-state index contributed by atoms with van der Waals surface area (Å²) < 4.78 is 27.0. The van der Waals surface area contributed by atoms with Crippen LogP contribution in [0.25, 0.3) is 0 Å². The van der Waals surface area contributed by atoms with Crippen LogP contribution >= 0.6 is 58.0 Å². The van der Waals surface area contributed by atoms with Gasteiger partial charge >= 0.3 is 0 Å². The Morgan fingerprint density at radius 3 is 2.00 bits per heavy atom. The van der Waals surface area contributed by atoms with E-state index in [1.54, 1.807) is 0 Å². The molecule has 0 fully saturated rings. The fourth-order valence-corrected chi connectivity index (χ4v) is 4.63. The molecule has 0 aliphatic rings. The van der Waals surface area contributed by atoms with Crippen LogP contribution in [0.1, 0.15) is 6.92 Å². The Balaban J connectivity index is 2.71. The summed E-state index contributed by atoms with van der Waals surface area (Å²) in [5, 5.41) is -0.313. The van der Waals surface area contributed by atoms with E-state index in [0.29, 0.717) is 5.02 Å². The van der Waals surface area contributed by atoms with Crippen molar-refractivity contribution in [3.63, 3.8) is 0 Å². The first-order valence-corrected chi connectivity index (χ1v) is 10.0. The number of hydrogen-bond acceptors (Lipinski definition) is 3. The molecule has 0 N–H and O–H groups in total. The molecular weight excluding hydrogens is 452 g/mol. The maximum atomic E-state index is 13.1. The van der Waals surface area contributed by atoms with Crippen molar-refractivity contribution in [2.24, 2.45) is 0 Å². The first-order valence-electron chi connectivity index (χ1n) is 6.69. The topological polar surface area (TPSA) is 54.5 Å². The Bertz CT molecular complexity index is 916. The molecule has 2 aromatic rings. The Morgan fingerprint density at radius 2 is 1.48 bits per heavy atom. The van der Waals surface area contributed by atoms with E-state index < -0.39 is 21.3 Å². The molecule has 4 nitrogen and oxygen atoms in total. The van der Waals surface area contributed by atoms with Crippen LogP contribution in [0.3, 0.4) is 0 Å². The SMILES string of the molecule is CC(C(=O)Cl)N(c1cc(Cl)c(Cl)cc1Cl)S(=O)(=O)c1ccc(Cl)cc1. The first kappa shape index (κ1) is 20.6. The van der Waals surface area contributed by atoms with E-state index in [-0.39, 0.29) is 25.7 Å². The number of halogens is 5. The number of carbonyl (C=O) groups excluding carboxylic acids is 1. The van der Waals surface area contributed by atoms with Gasteiger partial charge in [0, 0.05) is 5.02 Å². The maximum absolute atomic E-state index is 13.1. The number of nitrogens with zero attached hydrogens (tertiary/aromatic N) is 1. The zero-order valence-electron chi connectivity index (χ0n) is 12.5. The summed E-state index contributed by atoms with van der Waals surface area (Å²) in [5.74, 6) is 0. The van der Waals surface area contributed by atoms with Crippen molar-refractivity contribution in [3.8, 4) is 0 Å². The third-order valence-corrected chi connectivity index (χ3v) is 6.77. The molecule has 25 heavy (non-hydrogen) atoms. The third-order valence-electron chi connectivity index (χ3n) is 3.28. The molecule has 2 rings (SSSR count). The highest BCUT2D eigenvalue weighted by Crippen LogP contribution is 2.38. The normalized spacial score (nSPS) is 12.7. The van der Waals surface area contributed by atoms with Gasteiger partial charge in [0.1, 0.15) is 6.04 Å². The number of benzene rings is 2. The van der Waals surface area contributed by atoms with Gasteiger partial charge in [-0.25, -0.2) is 8.42 Å². The van der Waals surface area contributed by atoms with E-state index in [1.807, 2.05) is 0 Å². The number of rotatable bonds is 5. The van der Waals surface area contributed by atoms with Gasteiger partial charge in [-0.2, -0.15) is 0 Å². The van der Waals surface area contributed by atoms with Gasteiger partial charge in [-0.3, -0.25) is 9.10 Å². The molecule has 0 spiro atoms. The van der Waals surface area contributed by atoms with Gasteiger partial charge in [0.25, 0.3) is 10.0 Å². The third kappa shape index (κ3) is 4.35. The lowest BCUT2D eigenvalue weighted by atomic mass is 10.2. The quantitative estimate of drug-likeness (QED) is 0.427. The van der Waals surface area contributed by atoms with Crippen molar-refractivity contribution in [2.75, 3.05) is 4.31 Å². The molecule has 0 bridgehead atoms. The van der Waals surface area contributed by atoms with Crippen LogP contribution in [0.4, 0.5) is 5.69 Å². The number of anilines is 1. The van der Waals surface area contributed by atoms with Crippen LogP contribution in [-0.4, -0.2) is 19.7 Å². The molecule has 0 aliphatic heterocycles. The molecule has 1 unspecified atom stereocenters. The fourth-order valence-electron chi connectivity index (χ4n) is 2.04. The zero-order chi connectivity index (χ0) is 18.9. The summed E-state index contributed by atoms with van der Waals surface area (Å²) in [6.45, 7) is 1.33. The average molecular weight is 462 g/mol. The van der Waals surface area contributed by atoms with Crippen LogP contribution in [-0.2, 0) is 14.8 Å². The van der Waals surface area contributed by atoms with E-state index >= 15 is 0 Å². The lowest BCUT2D eigenvalue weighted by Crippen LogP contribution is -2.42. The van der Waals surface area contributed by atoms with E-state index in [1.165, 1.54) is 43.3 Å². The lowest BCUT2D eigenvalue weighted by Gasteiger charge is -2.29. The molecule has 10 heteroatoms. The molecule has 0 heterocycles. The van der Waals surface area contributed by atoms with Crippen LogP contribution in [0, 0.1) is 0 Å². The predicted molar refractivity (Wildman–Crippen MR) is 103 cm³/mol. The van der Waals surface area contributed by atoms with E-state index in [2.05, 4.69) is 0 Å². The molecule has 1 atom stereocenters. The Labute approximate surface area is 170 Å². The standard InChI is InChI=1S/C15H10Cl5NO3S/c1-8(15(20)22)21(14-7-12(18)11(17)6-13(14)19)25(23,24)10-4-2-9(16)3-5-10/h2-8H,1H3. The van der Waals surface area contributed by atoms with E-state index in [0.717, 1.165) is 4.31 Å². The first-order chi connectivity index (χ1) is 11.6. The minimum atomic E-state index is -4.18. The second-order valence-corrected chi connectivity index (χ2v) is 8.80. The summed E-state index contributed by atoms with van der Waals surface area (Å²) in [5.41, 5.74) is -0.0208. The van der Waals surface area contributed by atoms with Crippen molar-refractivity contribution >= 4 is 79.0 Å². The molecule has 0 aromatic heterocycles.